The molecular weight excluding hydrogens is 480 g/mol. The standard InChI is InChI=1S/C30H30N4O4/c1-3-31-29(37)25(19-21-11-7-5-8-12-21)33-27(35)23-15-17-24(18-16-23)28(36)34-26(30(38)32-4-2)20-22-13-9-6-10-14-22/h5-20H,3-4H2,1-2H3,(H,31,37)(H,32,38)(H,33,35)(H,34,36)/b25-19+,26-20+. The number of amides is 4. The minimum atomic E-state index is -0.502. The minimum Gasteiger partial charge on any atom is -0.351 e. The lowest BCUT2D eigenvalue weighted by molar-refractivity contribution is -0.118. The lowest BCUT2D eigenvalue weighted by Gasteiger charge is -2.12. The van der Waals surface area contributed by atoms with Gasteiger partial charge in [0.05, 0.1) is 0 Å². The number of rotatable bonds is 10. The molecule has 0 fully saturated rings. The van der Waals surface area contributed by atoms with Gasteiger partial charge in [-0.3, -0.25) is 19.2 Å². The van der Waals surface area contributed by atoms with E-state index in [0.29, 0.717) is 13.1 Å². The van der Waals surface area contributed by atoms with E-state index in [1.54, 1.807) is 26.0 Å². The highest BCUT2D eigenvalue weighted by Crippen LogP contribution is 2.10. The summed E-state index contributed by atoms with van der Waals surface area (Å²) < 4.78 is 0. The maximum absolute atomic E-state index is 12.9. The maximum atomic E-state index is 12.9. The van der Waals surface area contributed by atoms with Crippen LogP contribution in [0, 0.1) is 0 Å². The van der Waals surface area contributed by atoms with Crippen LogP contribution in [0.15, 0.2) is 96.3 Å². The molecule has 0 radical (unpaired) electrons. The van der Waals surface area contributed by atoms with Gasteiger partial charge in [-0.2, -0.15) is 0 Å². The molecule has 0 aromatic heterocycles. The lowest BCUT2D eigenvalue weighted by atomic mass is 10.1. The van der Waals surface area contributed by atoms with Gasteiger partial charge >= 0.3 is 0 Å². The van der Waals surface area contributed by atoms with Gasteiger partial charge < -0.3 is 21.3 Å². The first-order valence-corrected chi connectivity index (χ1v) is 12.2. The summed E-state index contributed by atoms with van der Waals surface area (Å²) in [4.78, 5) is 50.8. The summed E-state index contributed by atoms with van der Waals surface area (Å²) in [6.45, 7) is 4.38. The van der Waals surface area contributed by atoms with Gasteiger partial charge in [0, 0.05) is 24.2 Å². The molecule has 3 aromatic carbocycles. The Morgan fingerprint density at radius 1 is 0.553 bits per heavy atom. The van der Waals surface area contributed by atoms with Crippen molar-refractivity contribution in [2.45, 2.75) is 13.8 Å². The third-order valence-electron chi connectivity index (χ3n) is 5.29. The predicted molar refractivity (Wildman–Crippen MR) is 148 cm³/mol. The maximum Gasteiger partial charge on any atom is 0.267 e. The second kappa shape index (κ2) is 13.9. The van der Waals surface area contributed by atoms with Crippen LogP contribution >= 0.6 is 0 Å². The number of carbonyl (C=O) groups excluding carboxylic acids is 4. The first kappa shape index (κ1) is 27.6. The van der Waals surface area contributed by atoms with E-state index >= 15 is 0 Å². The molecule has 4 N–H and O–H groups in total. The van der Waals surface area contributed by atoms with Crippen molar-refractivity contribution in [3.8, 4) is 0 Å². The summed E-state index contributed by atoms with van der Waals surface area (Å²) in [7, 11) is 0. The molecule has 38 heavy (non-hydrogen) atoms. The van der Waals surface area contributed by atoms with Crippen molar-refractivity contribution in [1.82, 2.24) is 21.3 Å². The Balaban J connectivity index is 1.75. The Morgan fingerprint density at radius 3 is 1.21 bits per heavy atom. The topological polar surface area (TPSA) is 116 Å². The Kier molecular flexibility index (Phi) is 10.1. The lowest BCUT2D eigenvalue weighted by Crippen LogP contribution is -2.35. The molecule has 0 bridgehead atoms. The Morgan fingerprint density at radius 2 is 0.895 bits per heavy atom. The zero-order valence-electron chi connectivity index (χ0n) is 21.3. The second-order valence-corrected chi connectivity index (χ2v) is 8.14. The van der Waals surface area contributed by atoms with Gasteiger partial charge in [0.1, 0.15) is 11.4 Å². The van der Waals surface area contributed by atoms with Gasteiger partial charge in [-0.25, -0.2) is 0 Å². The molecule has 0 saturated heterocycles. The van der Waals surface area contributed by atoms with Crippen LogP contribution in [-0.2, 0) is 9.59 Å². The van der Waals surface area contributed by atoms with Crippen LogP contribution in [0.25, 0.3) is 12.2 Å². The smallest absolute Gasteiger partial charge is 0.267 e. The van der Waals surface area contributed by atoms with Crippen LogP contribution in [0.4, 0.5) is 0 Å². The van der Waals surface area contributed by atoms with Gasteiger partial charge in [0.25, 0.3) is 23.6 Å². The van der Waals surface area contributed by atoms with E-state index < -0.39 is 23.6 Å². The number of hydrogen-bond donors (Lipinski definition) is 4. The van der Waals surface area contributed by atoms with Crippen LogP contribution in [0.5, 0.6) is 0 Å². The van der Waals surface area contributed by atoms with E-state index in [4.69, 9.17) is 0 Å². The van der Waals surface area contributed by atoms with E-state index in [2.05, 4.69) is 21.3 Å². The fourth-order valence-electron chi connectivity index (χ4n) is 3.42. The normalized spacial score (nSPS) is 11.3. The van der Waals surface area contributed by atoms with Crippen LogP contribution in [-0.4, -0.2) is 36.7 Å². The first-order chi connectivity index (χ1) is 18.4. The summed E-state index contributed by atoms with van der Waals surface area (Å²) in [6, 6.07) is 24.2. The molecule has 0 heterocycles. The predicted octanol–water partition coefficient (Wildman–Crippen LogP) is 3.50. The van der Waals surface area contributed by atoms with E-state index in [0.717, 1.165) is 11.1 Å². The van der Waals surface area contributed by atoms with Gasteiger partial charge in [-0.05, 0) is 61.4 Å². The fraction of sp³-hybridized carbons (Fsp3) is 0.133. The second-order valence-electron chi connectivity index (χ2n) is 8.14. The summed E-state index contributed by atoms with van der Waals surface area (Å²) in [5.74, 6) is -1.83. The molecule has 8 heteroatoms. The molecule has 0 aliphatic carbocycles. The highest BCUT2D eigenvalue weighted by molar-refractivity contribution is 6.07. The summed E-state index contributed by atoms with van der Waals surface area (Å²) >= 11 is 0. The van der Waals surface area contributed by atoms with Gasteiger partial charge in [0.2, 0.25) is 0 Å². The van der Waals surface area contributed by atoms with E-state index in [1.807, 2.05) is 60.7 Å². The van der Waals surface area contributed by atoms with Crippen LogP contribution in [0.2, 0.25) is 0 Å². The van der Waals surface area contributed by atoms with Crippen LogP contribution < -0.4 is 21.3 Å². The van der Waals surface area contributed by atoms with Crippen molar-refractivity contribution >= 4 is 35.8 Å². The monoisotopic (exact) mass is 510 g/mol. The molecule has 194 valence electrons. The van der Waals surface area contributed by atoms with Crippen molar-refractivity contribution in [2.75, 3.05) is 13.1 Å². The largest absolute Gasteiger partial charge is 0.351 e. The highest BCUT2D eigenvalue weighted by Gasteiger charge is 2.17. The molecule has 3 aromatic rings. The van der Waals surface area contributed by atoms with Crippen molar-refractivity contribution in [2.24, 2.45) is 0 Å². The highest BCUT2D eigenvalue weighted by atomic mass is 16.2. The number of carbonyl (C=O) groups is 4. The zero-order valence-corrected chi connectivity index (χ0v) is 21.3. The zero-order chi connectivity index (χ0) is 27.3. The third kappa shape index (κ3) is 8.03. The molecule has 0 saturated carbocycles. The average Bonchev–Trinajstić information content (AvgIpc) is 2.93. The van der Waals surface area contributed by atoms with E-state index in [9.17, 15) is 19.2 Å². The molecule has 4 amide bonds. The molecule has 0 atom stereocenters. The SMILES string of the molecule is CCNC(=O)/C(=C\c1ccccc1)NC(=O)c1ccc(C(=O)N/C(=C/c2ccccc2)C(=O)NCC)cc1. The molecule has 0 aliphatic heterocycles. The summed E-state index contributed by atoms with van der Waals surface area (Å²) in [5.41, 5.74) is 2.23. The van der Waals surface area contributed by atoms with Crippen molar-refractivity contribution in [3.05, 3.63) is 119 Å². The van der Waals surface area contributed by atoms with E-state index in [-0.39, 0.29) is 22.5 Å². The number of nitrogens with one attached hydrogen (secondary N) is 4. The van der Waals surface area contributed by atoms with Gasteiger partial charge in [0.15, 0.2) is 0 Å². The molecule has 3 rings (SSSR count). The summed E-state index contributed by atoms with van der Waals surface area (Å²) in [6.07, 6.45) is 3.18. The third-order valence-corrected chi connectivity index (χ3v) is 5.29. The van der Waals surface area contributed by atoms with Gasteiger partial charge in [-0.15, -0.1) is 0 Å². The number of benzene rings is 3. The summed E-state index contributed by atoms with van der Waals surface area (Å²) in [5, 5.41) is 10.7. The minimum absolute atomic E-state index is 0.0995. The van der Waals surface area contributed by atoms with Crippen molar-refractivity contribution in [1.29, 1.82) is 0 Å². The quantitative estimate of drug-likeness (QED) is 0.313. The van der Waals surface area contributed by atoms with Crippen LogP contribution in [0.3, 0.4) is 0 Å². The Hall–Kier alpha value is -4.98. The molecule has 8 nitrogen and oxygen atoms in total. The Labute approximate surface area is 221 Å². The number of hydrogen-bond acceptors (Lipinski definition) is 4. The average molecular weight is 511 g/mol. The molecule has 0 unspecified atom stereocenters. The molecule has 0 aliphatic rings. The Bertz CT molecular complexity index is 1230. The molecule has 0 spiro atoms. The van der Waals surface area contributed by atoms with Crippen molar-refractivity contribution in [3.63, 3.8) is 0 Å². The first-order valence-electron chi connectivity index (χ1n) is 12.2. The van der Waals surface area contributed by atoms with E-state index in [1.165, 1.54) is 24.3 Å². The molecular formula is C30H30N4O4. The van der Waals surface area contributed by atoms with Gasteiger partial charge in [-0.1, -0.05) is 60.7 Å². The fourth-order valence-corrected chi connectivity index (χ4v) is 3.42. The van der Waals surface area contributed by atoms with Crippen LogP contribution in [0.1, 0.15) is 45.7 Å². The van der Waals surface area contributed by atoms with Crippen molar-refractivity contribution < 1.29 is 19.2 Å². The number of likely N-dealkylation sites (N-methyl/N-ethyl adjacent to an activating group) is 2.